The lowest BCUT2D eigenvalue weighted by molar-refractivity contribution is 0.0251. The highest BCUT2D eigenvalue weighted by atomic mass is 15.2. The molecule has 1 saturated carbocycles. The number of piperidine rings is 2. The second kappa shape index (κ2) is 6.13. The average Bonchev–Trinajstić information content (AvgIpc) is 2.38. The molecule has 0 spiro atoms. The maximum Gasteiger partial charge on any atom is 0.0113 e. The molecule has 0 amide bonds. The first-order valence-corrected chi connectivity index (χ1v) is 8.73. The van der Waals surface area contributed by atoms with Crippen LogP contribution in [0.4, 0.5) is 0 Å². The Kier molecular flexibility index (Phi) is 4.48. The van der Waals surface area contributed by atoms with Crippen LogP contribution in [-0.4, -0.2) is 29.6 Å². The Morgan fingerprint density at radius 1 is 0.947 bits per heavy atom. The molecular formula is C17H32N2. The molecule has 2 unspecified atom stereocenters. The maximum absolute atomic E-state index is 6.21. The molecule has 0 radical (unpaired) electrons. The molecule has 1 aliphatic carbocycles. The van der Waals surface area contributed by atoms with Gasteiger partial charge in [-0.25, -0.2) is 0 Å². The van der Waals surface area contributed by atoms with E-state index in [1.807, 2.05) is 0 Å². The summed E-state index contributed by atoms with van der Waals surface area (Å²) in [6, 6.07) is 2.14. The van der Waals surface area contributed by atoms with E-state index in [0.717, 1.165) is 23.9 Å². The average molecular weight is 264 g/mol. The van der Waals surface area contributed by atoms with Crippen LogP contribution >= 0.6 is 0 Å². The molecule has 3 aliphatic rings. The summed E-state index contributed by atoms with van der Waals surface area (Å²) in [6.07, 6.45) is 14.2. The van der Waals surface area contributed by atoms with Crippen LogP contribution in [0, 0.1) is 11.8 Å². The van der Waals surface area contributed by atoms with E-state index < -0.39 is 0 Å². The Morgan fingerprint density at radius 3 is 2.21 bits per heavy atom. The van der Waals surface area contributed by atoms with Crippen LogP contribution < -0.4 is 5.73 Å². The van der Waals surface area contributed by atoms with Gasteiger partial charge in [-0.3, -0.25) is 4.90 Å². The Bertz CT molecular complexity index is 269. The molecule has 110 valence electrons. The zero-order valence-corrected chi connectivity index (χ0v) is 12.7. The van der Waals surface area contributed by atoms with Crippen LogP contribution in [0.15, 0.2) is 0 Å². The summed E-state index contributed by atoms with van der Waals surface area (Å²) in [5.74, 6) is 2.01. The van der Waals surface area contributed by atoms with Crippen LogP contribution in [0.25, 0.3) is 0 Å². The zero-order chi connectivity index (χ0) is 13.2. The van der Waals surface area contributed by atoms with Crippen molar-refractivity contribution in [3.05, 3.63) is 0 Å². The van der Waals surface area contributed by atoms with Crippen molar-refractivity contribution in [3.8, 4) is 0 Å². The van der Waals surface area contributed by atoms with Crippen molar-refractivity contribution >= 4 is 0 Å². The predicted octanol–water partition coefficient (Wildman–Crippen LogP) is 3.55. The summed E-state index contributed by atoms with van der Waals surface area (Å²) in [5.41, 5.74) is 6.21. The van der Waals surface area contributed by atoms with Gasteiger partial charge >= 0.3 is 0 Å². The highest BCUT2D eigenvalue weighted by Crippen LogP contribution is 2.35. The molecule has 3 fully saturated rings. The van der Waals surface area contributed by atoms with E-state index in [-0.39, 0.29) is 0 Å². The molecule has 2 atom stereocenters. The van der Waals surface area contributed by atoms with Crippen LogP contribution in [-0.2, 0) is 0 Å². The van der Waals surface area contributed by atoms with Gasteiger partial charge in [0, 0.05) is 18.1 Å². The highest BCUT2D eigenvalue weighted by Gasteiger charge is 2.36. The summed E-state index contributed by atoms with van der Waals surface area (Å²) < 4.78 is 0. The third-order valence-electron chi connectivity index (χ3n) is 6.09. The fourth-order valence-electron chi connectivity index (χ4n) is 4.84. The monoisotopic (exact) mass is 264 g/mol. The van der Waals surface area contributed by atoms with Crippen molar-refractivity contribution in [3.63, 3.8) is 0 Å². The number of nitrogens with two attached hydrogens (primary N) is 1. The molecule has 0 aromatic heterocycles. The molecule has 3 rings (SSSR count). The molecule has 2 heteroatoms. The normalized spacial score (nSPS) is 44.2. The minimum absolute atomic E-state index is 0.488. The standard InChI is InChI=1S/C17H32N2/c1-13-5-7-14(8-6-13)9-10-19-16-3-2-4-17(19)12-15(18)11-16/h13-17H,2-12,18H2,1H3. The molecule has 0 aromatic rings. The van der Waals surface area contributed by atoms with Crippen LogP contribution in [0.5, 0.6) is 0 Å². The van der Waals surface area contributed by atoms with Crippen molar-refractivity contribution in [2.75, 3.05) is 6.54 Å². The third kappa shape index (κ3) is 3.33. The Hall–Kier alpha value is -0.0800. The van der Waals surface area contributed by atoms with E-state index >= 15 is 0 Å². The van der Waals surface area contributed by atoms with Crippen LogP contribution in [0.3, 0.4) is 0 Å². The minimum atomic E-state index is 0.488. The predicted molar refractivity (Wildman–Crippen MR) is 81.1 cm³/mol. The molecule has 2 heterocycles. The SMILES string of the molecule is CC1CCC(CCN2C3CCCC2CC(N)C3)CC1. The molecule has 19 heavy (non-hydrogen) atoms. The fourth-order valence-corrected chi connectivity index (χ4v) is 4.84. The van der Waals surface area contributed by atoms with Gasteiger partial charge in [0.15, 0.2) is 0 Å². The largest absolute Gasteiger partial charge is 0.328 e. The van der Waals surface area contributed by atoms with Crippen molar-refractivity contribution in [1.82, 2.24) is 4.90 Å². The number of hydrogen-bond acceptors (Lipinski definition) is 2. The maximum atomic E-state index is 6.21. The Balaban J connectivity index is 1.49. The van der Waals surface area contributed by atoms with E-state index in [9.17, 15) is 0 Å². The minimum Gasteiger partial charge on any atom is -0.328 e. The lowest BCUT2D eigenvalue weighted by atomic mass is 9.79. The third-order valence-corrected chi connectivity index (χ3v) is 6.09. The van der Waals surface area contributed by atoms with Gasteiger partial charge in [0.25, 0.3) is 0 Å². The van der Waals surface area contributed by atoms with Crippen molar-refractivity contribution in [1.29, 1.82) is 0 Å². The van der Waals surface area contributed by atoms with Gasteiger partial charge in [0.1, 0.15) is 0 Å². The quantitative estimate of drug-likeness (QED) is 0.844. The highest BCUT2D eigenvalue weighted by molar-refractivity contribution is 4.94. The molecule has 2 aliphatic heterocycles. The van der Waals surface area contributed by atoms with Gasteiger partial charge in [-0.2, -0.15) is 0 Å². The first-order valence-electron chi connectivity index (χ1n) is 8.73. The van der Waals surface area contributed by atoms with Crippen LogP contribution in [0.2, 0.25) is 0 Å². The van der Waals surface area contributed by atoms with Crippen LogP contribution in [0.1, 0.15) is 71.1 Å². The zero-order valence-electron chi connectivity index (χ0n) is 12.7. The molecule has 0 aromatic carbocycles. The molecule has 2 saturated heterocycles. The van der Waals surface area contributed by atoms with Crippen molar-refractivity contribution in [2.24, 2.45) is 17.6 Å². The van der Waals surface area contributed by atoms with E-state index in [1.165, 1.54) is 70.8 Å². The smallest absolute Gasteiger partial charge is 0.0113 e. The summed E-state index contributed by atoms with van der Waals surface area (Å²) in [6.45, 7) is 3.79. The summed E-state index contributed by atoms with van der Waals surface area (Å²) in [5, 5.41) is 0. The van der Waals surface area contributed by atoms with E-state index in [1.54, 1.807) is 0 Å². The summed E-state index contributed by atoms with van der Waals surface area (Å²) in [4.78, 5) is 2.85. The first kappa shape index (κ1) is 13.9. The van der Waals surface area contributed by atoms with Gasteiger partial charge in [0.2, 0.25) is 0 Å². The van der Waals surface area contributed by atoms with Gasteiger partial charge in [-0.1, -0.05) is 39.0 Å². The van der Waals surface area contributed by atoms with E-state index in [0.29, 0.717) is 6.04 Å². The lowest BCUT2D eigenvalue weighted by Gasteiger charge is -2.48. The number of hydrogen-bond donors (Lipinski definition) is 1. The first-order chi connectivity index (χ1) is 9.22. The van der Waals surface area contributed by atoms with Gasteiger partial charge in [0.05, 0.1) is 0 Å². The summed E-state index contributed by atoms with van der Waals surface area (Å²) in [7, 11) is 0. The van der Waals surface area contributed by atoms with Gasteiger partial charge in [-0.05, 0) is 50.5 Å². The van der Waals surface area contributed by atoms with E-state index in [4.69, 9.17) is 5.73 Å². The fraction of sp³-hybridized carbons (Fsp3) is 1.00. The van der Waals surface area contributed by atoms with Crippen molar-refractivity contribution < 1.29 is 0 Å². The molecule has 2 nitrogen and oxygen atoms in total. The second-order valence-corrected chi connectivity index (χ2v) is 7.62. The summed E-state index contributed by atoms with van der Waals surface area (Å²) >= 11 is 0. The second-order valence-electron chi connectivity index (χ2n) is 7.62. The lowest BCUT2D eigenvalue weighted by Crippen LogP contribution is -2.55. The molecular weight excluding hydrogens is 232 g/mol. The molecule has 2 N–H and O–H groups in total. The van der Waals surface area contributed by atoms with Crippen molar-refractivity contribution in [2.45, 2.75) is 89.3 Å². The van der Waals surface area contributed by atoms with Gasteiger partial charge in [-0.15, -0.1) is 0 Å². The topological polar surface area (TPSA) is 29.3 Å². The molecule has 2 bridgehead atoms. The number of nitrogens with zero attached hydrogens (tertiary/aromatic N) is 1. The van der Waals surface area contributed by atoms with Gasteiger partial charge < -0.3 is 5.73 Å². The van der Waals surface area contributed by atoms with E-state index in [2.05, 4.69) is 11.8 Å². The number of fused-ring (bicyclic) bond motifs is 2. The Morgan fingerprint density at radius 2 is 1.58 bits per heavy atom. The Labute approximate surface area is 119 Å². The number of rotatable bonds is 3.